The van der Waals surface area contributed by atoms with Gasteiger partial charge < -0.3 is 4.74 Å². The monoisotopic (exact) mass is 238 g/mol. The lowest BCUT2D eigenvalue weighted by atomic mass is 10.2. The molecule has 0 saturated carbocycles. The minimum atomic E-state index is -0.387. The number of rotatable bonds is 5. The highest BCUT2D eigenvalue weighted by Crippen LogP contribution is 2.17. The van der Waals surface area contributed by atoms with Crippen molar-refractivity contribution < 1.29 is 9.53 Å². The predicted molar refractivity (Wildman–Crippen MR) is 66.1 cm³/mol. The lowest BCUT2D eigenvalue weighted by Gasteiger charge is -2.01. The van der Waals surface area contributed by atoms with Crippen LogP contribution in [0, 0.1) is 0 Å². The Morgan fingerprint density at radius 3 is 2.69 bits per heavy atom. The predicted octanol–water partition coefficient (Wildman–Crippen LogP) is 3.61. The second-order valence-corrected chi connectivity index (χ2v) is 3.79. The average Bonchev–Trinajstić information content (AvgIpc) is 2.30. The smallest absolute Gasteiger partial charge is 0.332 e. The molecule has 2 nitrogen and oxygen atoms in total. The summed E-state index contributed by atoms with van der Waals surface area (Å²) in [6.45, 7) is 2.49. The fourth-order valence-corrected chi connectivity index (χ4v) is 1.36. The van der Waals surface area contributed by atoms with E-state index in [0.29, 0.717) is 11.6 Å². The summed E-state index contributed by atoms with van der Waals surface area (Å²) in [4.78, 5) is 11.3. The summed E-state index contributed by atoms with van der Waals surface area (Å²) in [6.07, 6.45) is 3.19. The highest BCUT2D eigenvalue weighted by molar-refractivity contribution is 6.50. The third-order valence-corrected chi connectivity index (χ3v) is 2.36. The van der Waals surface area contributed by atoms with Gasteiger partial charge in [0.1, 0.15) is 0 Å². The van der Waals surface area contributed by atoms with Gasteiger partial charge >= 0.3 is 5.97 Å². The molecule has 0 aliphatic rings. The Morgan fingerprint density at radius 2 is 2.06 bits per heavy atom. The first-order chi connectivity index (χ1) is 7.74. The molecular formula is C13H15ClO2. The quantitative estimate of drug-likeness (QED) is 0.445. The molecule has 1 aromatic carbocycles. The van der Waals surface area contributed by atoms with Crippen LogP contribution in [-0.4, -0.2) is 12.6 Å². The highest BCUT2D eigenvalue weighted by atomic mass is 35.5. The zero-order chi connectivity index (χ0) is 11.8. The molecule has 0 atom stereocenters. The maximum atomic E-state index is 11.3. The molecule has 86 valence electrons. The highest BCUT2D eigenvalue weighted by Gasteiger charge is 2.02. The van der Waals surface area contributed by atoms with E-state index in [0.717, 1.165) is 18.4 Å². The summed E-state index contributed by atoms with van der Waals surface area (Å²) in [5, 5.41) is 0.405. The second kappa shape index (κ2) is 7.07. The maximum Gasteiger partial charge on any atom is 0.332 e. The van der Waals surface area contributed by atoms with Gasteiger partial charge in [0.05, 0.1) is 11.6 Å². The normalized spacial score (nSPS) is 11.2. The summed E-state index contributed by atoms with van der Waals surface area (Å²) in [6, 6.07) is 9.32. The van der Waals surface area contributed by atoms with Crippen molar-refractivity contribution in [1.29, 1.82) is 0 Å². The van der Waals surface area contributed by atoms with Gasteiger partial charge in [0, 0.05) is 6.08 Å². The third kappa shape index (κ3) is 4.49. The number of hydrogen-bond donors (Lipinski definition) is 0. The number of carbonyl (C=O) groups is 1. The Balaban J connectivity index is 2.53. The van der Waals surface area contributed by atoms with Crippen molar-refractivity contribution in [3.63, 3.8) is 0 Å². The topological polar surface area (TPSA) is 26.3 Å². The minimum absolute atomic E-state index is 0.387. The number of unbranched alkanes of at least 4 members (excludes halogenated alkanes) is 1. The van der Waals surface area contributed by atoms with Crippen LogP contribution >= 0.6 is 11.6 Å². The summed E-state index contributed by atoms with van der Waals surface area (Å²) in [7, 11) is 0. The van der Waals surface area contributed by atoms with Crippen molar-refractivity contribution in [2.45, 2.75) is 19.8 Å². The van der Waals surface area contributed by atoms with E-state index in [1.807, 2.05) is 37.3 Å². The van der Waals surface area contributed by atoms with Crippen molar-refractivity contribution in [3.05, 3.63) is 42.0 Å². The fraction of sp³-hybridized carbons (Fsp3) is 0.308. The largest absolute Gasteiger partial charge is 0.462 e. The molecule has 0 aromatic heterocycles. The number of hydrogen-bond acceptors (Lipinski definition) is 2. The molecule has 0 aliphatic heterocycles. The first-order valence-electron chi connectivity index (χ1n) is 5.33. The fourth-order valence-electron chi connectivity index (χ4n) is 1.14. The van der Waals surface area contributed by atoms with E-state index in [4.69, 9.17) is 16.3 Å². The van der Waals surface area contributed by atoms with Gasteiger partial charge in [-0.05, 0) is 12.0 Å². The van der Waals surface area contributed by atoms with Gasteiger partial charge in [-0.1, -0.05) is 55.3 Å². The van der Waals surface area contributed by atoms with Crippen LogP contribution in [0.3, 0.4) is 0 Å². The second-order valence-electron chi connectivity index (χ2n) is 3.38. The van der Waals surface area contributed by atoms with Crippen LogP contribution in [-0.2, 0) is 9.53 Å². The van der Waals surface area contributed by atoms with Gasteiger partial charge in [-0.2, -0.15) is 0 Å². The molecule has 0 spiro atoms. The molecule has 1 rings (SSSR count). The lowest BCUT2D eigenvalue weighted by molar-refractivity contribution is -0.137. The van der Waals surface area contributed by atoms with Crippen LogP contribution in [0.2, 0.25) is 0 Å². The van der Waals surface area contributed by atoms with E-state index in [2.05, 4.69) is 0 Å². The molecule has 0 bridgehead atoms. The van der Waals surface area contributed by atoms with Crippen LogP contribution in [0.5, 0.6) is 0 Å². The molecular weight excluding hydrogens is 224 g/mol. The van der Waals surface area contributed by atoms with Gasteiger partial charge in [-0.25, -0.2) is 4.79 Å². The van der Waals surface area contributed by atoms with E-state index in [1.165, 1.54) is 6.08 Å². The molecule has 1 aromatic rings. The molecule has 0 heterocycles. The first-order valence-corrected chi connectivity index (χ1v) is 5.71. The molecule has 16 heavy (non-hydrogen) atoms. The molecule has 0 fully saturated rings. The van der Waals surface area contributed by atoms with Crippen molar-refractivity contribution in [3.8, 4) is 0 Å². The molecule has 0 radical (unpaired) electrons. The first kappa shape index (κ1) is 12.8. The summed E-state index contributed by atoms with van der Waals surface area (Å²) in [5.41, 5.74) is 0.816. The van der Waals surface area contributed by atoms with E-state index < -0.39 is 0 Å². The average molecular weight is 239 g/mol. The minimum Gasteiger partial charge on any atom is -0.462 e. The molecule has 0 unspecified atom stereocenters. The molecule has 0 saturated heterocycles. The third-order valence-electron chi connectivity index (χ3n) is 2.04. The van der Waals surface area contributed by atoms with E-state index in [9.17, 15) is 4.79 Å². The molecule has 0 amide bonds. The summed E-state index contributed by atoms with van der Waals surface area (Å²) >= 11 is 5.97. The van der Waals surface area contributed by atoms with E-state index in [1.54, 1.807) is 0 Å². The Bertz CT molecular complexity index is 357. The zero-order valence-electron chi connectivity index (χ0n) is 9.28. The Kier molecular flexibility index (Phi) is 5.65. The number of carbonyl (C=O) groups excluding carboxylic acids is 1. The van der Waals surface area contributed by atoms with E-state index >= 15 is 0 Å². The Hall–Kier alpha value is -1.28. The summed E-state index contributed by atoms with van der Waals surface area (Å²) < 4.78 is 4.97. The number of halogens is 1. The maximum absolute atomic E-state index is 11.3. The number of esters is 1. The van der Waals surface area contributed by atoms with Crippen molar-refractivity contribution >= 4 is 22.6 Å². The van der Waals surface area contributed by atoms with Crippen molar-refractivity contribution in [2.24, 2.45) is 0 Å². The molecule has 0 aliphatic carbocycles. The van der Waals surface area contributed by atoms with E-state index in [-0.39, 0.29) is 5.97 Å². The van der Waals surface area contributed by atoms with Gasteiger partial charge in [-0.3, -0.25) is 0 Å². The number of benzene rings is 1. The molecule has 0 N–H and O–H groups in total. The SMILES string of the molecule is CCCCOC(=O)C=C(Cl)c1ccccc1. The van der Waals surface area contributed by atoms with Crippen LogP contribution in [0.25, 0.3) is 5.03 Å². The van der Waals surface area contributed by atoms with Crippen LogP contribution in [0.4, 0.5) is 0 Å². The standard InChI is InChI=1S/C13H15ClO2/c1-2-3-9-16-13(15)10-12(14)11-7-5-4-6-8-11/h4-8,10H,2-3,9H2,1H3. The van der Waals surface area contributed by atoms with Gasteiger partial charge in [-0.15, -0.1) is 0 Å². The zero-order valence-corrected chi connectivity index (χ0v) is 10.0. The van der Waals surface area contributed by atoms with Gasteiger partial charge in [0.25, 0.3) is 0 Å². The van der Waals surface area contributed by atoms with Crippen LogP contribution in [0.1, 0.15) is 25.3 Å². The summed E-state index contributed by atoms with van der Waals surface area (Å²) in [5.74, 6) is -0.387. The van der Waals surface area contributed by atoms with Crippen LogP contribution in [0.15, 0.2) is 36.4 Å². The number of ether oxygens (including phenoxy) is 1. The van der Waals surface area contributed by atoms with Gasteiger partial charge in [0.15, 0.2) is 0 Å². The Labute approximate surface area is 101 Å². The molecule has 3 heteroatoms. The van der Waals surface area contributed by atoms with Crippen LogP contribution < -0.4 is 0 Å². The van der Waals surface area contributed by atoms with Crippen molar-refractivity contribution in [2.75, 3.05) is 6.61 Å². The van der Waals surface area contributed by atoms with Crippen molar-refractivity contribution in [1.82, 2.24) is 0 Å². The Morgan fingerprint density at radius 1 is 1.38 bits per heavy atom. The lowest BCUT2D eigenvalue weighted by Crippen LogP contribution is -2.02. The van der Waals surface area contributed by atoms with Gasteiger partial charge in [0.2, 0.25) is 0 Å².